The van der Waals surface area contributed by atoms with Gasteiger partial charge in [0, 0.05) is 11.4 Å². The van der Waals surface area contributed by atoms with Gasteiger partial charge >= 0.3 is 47.9 Å². The molecule has 218 valence electrons. The van der Waals surface area contributed by atoms with E-state index in [2.05, 4.69) is 5.32 Å². The molecule has 1 saturated heterocycles. The molecule has 1 heterocycles. The van der Waals surface area contributed by atoms with E-state index in [0.717, 1.165) is 35.2 Å². The summed E-state index contributed by atoms with van der Waals surface area (Å²) >= 11 is 0. The molecule has 0 unspecified atom stereocenters. The van der Waals surface area contributed by atoms with Gasteiger partial charge in [-0.05, 0) is 67.4 Å². The summed E-state index contributed by atoms with van der Waals surface area (Å²) in [5.41, 5.74) is -5.18. The molecule has 3 aromatic carbocycles. The number of urea groups is 1. The fraction of sp³-hybridized carbons (Fsp3) is 0.214. The molecule has 8 nitrogen and oxygen atoms in total. The van der Waals surface area contributed by atoms with Crippen LogP contribution in [0, 0.1) is 11.3 Å². The van der Waals surface area contributed by atoms with Crippen molar-refractivity contribution in [2.24, 2.45) is 0 Å². The van der Waals surface area contributed by atoms with Crippen LogP contribution in [0.2, 0.25) is 0 Å². The van der Waals surface area contributed by atoms with Crippen LogP contribution in [0.15, 0.2) is 60.7 Å². The number of anilines is 3. The van der Waals surface area contributed by atoms with Gasteiger partial charge in [0.1, 0.15) is 5.54 Å². The Balaban J connectivity index is 0.00000506. The Hall–Kier alpha value is -4.06. The molecule has 0 spiro atoms. The van der Waals surface area contributed by atoms with Crippen molar-refractivity contribution in [1.29, 1.82) is 5.26 Å². The number of carboxylic acid groups (broad SMARTS) is 1. The summed E-state index contributed by atoms with van der Waals surface area (Å²) in [5.74, 6) is -2.36. The minimum atomic E-state index is -4.96. The van der Waals surface area contributed by atoms with Crippen LogP contribution in [0.3, 0.4) is 0 Å². The van der Waals surface area contributed by atoms with Gasteiger partial charge in [-0.3, -0.25) is 4.79 Å². The summed E-state index contributed by atoms with van der Waals surface area (Å²) in [4.78, 5) is 39.3. The van der Waals surface area contributed by atoms with Crippen molar-refractivity contribution in [3.63, 3.8) is 0 Å². The van der Waals surface area contributed by atoms with E-state index in [1.165, 1.54) is 44.2 Å². The molecule has 0 atom stereocenters. The predicted molar refractivity (Wildman–Crippen MR) is 134 cm³/mol. The SMILES string of the molecule is CC1(C)C(=O)N(c2ccc(C#N)c(C(F)(F)F)c2)C(=O)N1Cc1ccc(C(F)(F)F)cc1Nc1ccc(C(=O)[O-])cc1.[Na+]. The summed E-state index contributed by atoms with van der Waals surface area (Å²) in [7, 11) is 0. The fourth-order valence-corrected chi connectivity index (χ4v) is 4.35. The number of carbonyl (C=O) groups is 3. The van der Waals surface area contributed by atoms with Crippen LogP contribution in [-0.2, 0) is 23.7 Å². The Labute approximate surface area is 262 Å². The maximum atomic E-state index is 13.5. The zero-order valence-electron chi connectivity index (χ0n) is 22.7. The predicted octanol–water partition coefficient (Wildman–Crippen LogP) is 2.45. The molecule has 0 radical (unpaired) electrons. The molecule has 1 N–H and O–H groups in total. The monoisotopic (exact) mass is 612 g/mol. The first-order valence-electron chi connectivity index (χ1n) is 12.0. The van der Waals surface area contributed by atoms with Crippen LogP contribution in [-0.4, -0.2) is 28.3 Å². The van der Waals surface area contributed by atoms with Crippen LogP contribution in [0.25, 0.3) is 0 Å². The summed E-state index contributed by atoms with van der Waals surface area (Å²) in [6.07, 6.45) is -9.70. The zero-order chi connectivity index (χ0) is 31.2. The maximum Gasteiger partial charge on any atom is 1.00 e. The molecule has 3 aromatic rings. The number of nitrogens with one attached hydrogen (secondary N) is 1. The van der Waals surface area contributed by atoms with E-state index in [9.17, 15) is 45.8 Å². The zero-order valence-corrected chi connectivity index (χ0v) is 24.7. The average molecular weight is 612 g/mol. The van der Waals surface area contributed by atoms with Crippen molar-refractivity contribution < 1.29 is 75.4 Å². The number of nitriles is 1. The third kappa shape index (κ3) is 6.64. The number of nitrogens with zero attached hydrogens (tertiary/aromatic N) is 3. The Morgan fingerprint density at radius 1 is 0.953 bits per heavy atom. The number of hydrogen-bond donors (Lipinski definition) is 1. The van der Waals surface area contributed by atoms with E-state index in [1.54, 1.807) is 0 Å². The second kappa shape index (κ2) is 11.9. The molecule has 43 heavy (non-hydrogen) atoms. The summed E-state index contributed by atoms with van der Waals surface area (Å²) < 4.78 is 81.2. The fourth-order valence-electron chi connectivity index (χ4n) is 4.35. The van der Waals surface area contributed by atoms with Crippen molar-refractivity contribution in [3.05, 3.63) is 88.5 Å². The number of benzene rings is 3. The third-order valence-corrected chi connectivity index (χ3v) is 6.68. The molecular weight excluding hydrogens is 593 g/mol. The van der Waals surface area contributed by atoms with E-state index in [-0.39, 0.29) is 52.1 Å². The van der Waals surface area contributed by atoms with Gasteiger partial charge in [0.15, 0.2) is 0 Å². The summed E-state index contributed by atoms with van der Waals surface area (Å²) in [5, 5.41) is 22.8. The minimum Gasteiger partial charge on any atom is -0.545 e. The number of aromatic carboxylic acids is 1. The number of halogens is 6. The van der Waals surface area contributed by atoms with Crippen LogP contribution < -0.4 is 44.9 Å². The second-order valence-electron chi connectivity index (χ2n) is 9.77. The van der Waals surface area contributed by atoms with Gasteiger partial charge in [-0.1, -0.05) is 18.2 Å². The quantitative estimate of drug-likeness (QED) is 0.260. The Kier molecular flexibility index (Phi) is 9.26. The van der Waals surface area contributed by atoms with E-state index in [4.69, 9.17) is 5.26 Å². The van der Waals surface area contributed by atoms with E-state index >= 15 is 0 Å². The number of rotatable bonds is 6. The number of alkyl halides is 6. The standard InChI is InChI=1S/C28H20F6N4O4.Na/c1-26(2)24(41)38(20-10-6-16(13-35)21(12-20)28(32,33)34)25(42)37(26)14-17-3-7-18(27(29,30)31)11-22(17)36-19-8-4-15(5-9-19)23(39)40;/h3-12,36H,14H2,1-2H3,(H,39,40);/q;+1/p-1. The van der Waals surface area contributed by atoms with Gasteiger partial charge in [-0.15, -0.1) is 0 Å². The molecule has 3 amide bonds. The molecule has 15 heteroatoms. The van der Waals surface area contributed by atoms with Gasteiger partial charge in [-0.25, -0.2) is 9.69 Å². The smallest absolute Gasteiger partial charge is 0.545 e. The Morgan fingerprint density at radius 2 is 1.58 bits per heavy atom. The third-order valence-electron chi connectivity index (χ3n) is 6.68. The van der Waals surface area contributed by atoms with Gasteiger partial charge in [-0.2, -0.15) is 31.6 Å². The molecule has 0 aliphatic carbocycles. The number of carboxylic acids is 1. The Bertz CT molecular complexity index is 1630. The molecule has 0 bridgehead atoms. The van der Waals surface area contributed by atoms with Crippen molar-refractivity contribution in [2.45, 2.75) is 38.3 Å². The number of imide groups is 1. The van der Waals surface area contributed by atoms with Gasteiger partial charge in [0.05, 0.1) is 41.0 Å². The first kappa shape index (κ1) is 33.4. The molecule has 0 aromatic heterocycles. The molecule has 1 aliphatic heterocycles. The van der Waals surface area contributed by atoms with Crippen LogP contribution >= 0.6 is 0 Å². The largest absolute Gasteiger partial charge is 1.00 e. The maximum absolute atomic E-state index is 13.5. The second-order valence-corrected chi connectivity index (χ2v) is 9.77. The summed E-state index contributed by atoms with van der Waals surface area (Å²) in [6.45, 7) is 2.23. The van der Waals surface area contributed by atoms with Gasteiger partial charge < -0.3 is 20.1 Å². The van der Waals surface area contributed by atoms with Crippen LogP contribution in [0.4, 0.5) is 48.2 Å². The van der Waals surface area contributed by atoms with E-state index in [1.807, 2.05) is 0 Å². The van der Waals surface area contributed by atoms with Crippen LogP contribution in [0.1, 0.15) is 46.5 Å². The van der Waals surface area contributed by atoms with Gasteiger partial charge in [0.2, 0.25) is 0 Å². The van der Waals surface area contributed by atoms with Crippen molar-refractivity contribution >= 4 is 35.0 Å². The minimum absolute atomic E-state index is 0. The van der Waals surface area contributed by atoms with Crippen molar-refractivity contribution in [3.8, 4) is 6.07 Å². The first-order valence-corrected chi connectivity index (χ1v) is 12.0. The normalized spacial score (nSPS) is 14.8. The van der Waals surface area contributed by atoms with E-state index in [0.29, 0.717) is 11.0 Å². The van der Waals surface area contributed by atoms with Crippen molar-refractivity contribution in [2.75, 3.05) is 10.2 Å². The number of amides is 3. The summed E-state index contributed by atoms with van der Waals surface area (Å²) in [6, 6.07) is 10.3. The molecule has 0 saturated carbocycles. The topological polar surface area (TPSA) is 117 Å². The molecule has 1 aliphatic rings. The number of hydrogen-bond acceptors (Lipinski definition) is 6. The van der Waals surface area contributed by atoms with E-state index < -0.39 is 64.7 Å². The Morgan fingerprint density at radius 3 is 2.12 bits per heavy atom. The first-order chi connectivity index (χ1) is 19.4. The van der Waals surface area contributed by atoms with Gasteiger partial charge in [0.25, 0.3) is 5.91 Å². The number of carbonyl (C=O) groups excluding carboxylic acids is 3. The molecular formula is C28H19F6N4NaO4. The molecule has 4 rings (SSSR count). The average Bonchev–Trinajstić information content (AvgIpc) is 3.07. The molecule has 1 fully saturated rings. The van der Waals surface area contributed by atoms with Crippen molar-refractivity contribution in [1.82, 2.24) is 4.90 Å². The van der Waals surface area contributed by atoms with Crippen LogP contribution in [0.5, 0.6) is 0 Å².